The number of amides is 2. The van der Waals surface area contributed by atoms with Crippen LogP contribution in [0.2, 0.25) is 0 Å². The van der Waals surface area contributed by atoms with Gasteiger partial charge in [0, 0.05) is 17.1 Å². The summed E-state index contributed by atoms with van der Waals surface area (Å²) in [6.07, 6.45) is 0. The number of nitrogen functional groups attached to an aromatic ring is 1. The molecule has 3 rings (SSSR count). The predicted molar refractivity (Wildman–Crippen MR) is 101 cm³/mol. The Morgan fingerprint density at radius 3 is 1.72 bits per heavy atom. The lowest BCUT2D eigenvalue weighted by atomic mass is 10.3. The van der Waals surface area contributed by atoms with Crippen LogP contribution in [0.15, 0.2) is 89.1 Å². The first-order valence-electron chi connectivity index (χ1n) is 7.69. The zero-order valence-corrected chi connectivity index (χ0v) is 13.4. The number of urea groups is 1. The molecular formula is C19H17N5O. The van der Waals surface area contributed by atoms with Crippen LogP contribution in [0, 0.1) is 0 Å². The molecule has 0 saturated heterocycles. The van der Waals surface area contributed by atoms with Gasteiger partial charge in [-0.2, -0.15) is 10.2 Å². The number of nitrogens with two attached hydrogens (primary N) is 1. The molecule has 6 heteroatoms. The monoisotopic (exact) mass is 331 g/mol. The van der Waals surface area contributed by atoms with E-state index in [2.05, 4.69) is 20.9 Å². The molecule has 4 N–H and O–H groups in total. The molecule has 0 saturated carbocycles. The number of hydrogen-bond donors (Lipinski definition) is 3. The molecule has 2 amide bonds. The minimum absolute atomic E-state index is 0.303. The third-order valence-electron chi connectivity index (χ3n) is 3.33. The van der Waals surface area contributed by atoms with Gasteiger partial charge >= 0.3 is 6.03 Å². The van der Waals surface area contributed by atoms with E-state index < -0.39 is 0 Å². The lowest BCUT2D eigenvalue weighted by Gasteiger charge is -2.07. The summed E-state index contributed by atoms with van der Waals surface area (Å²) in [5.74, 6) is 0. The van der Waals surface area contributed by atoms with Gasteiger partial charge in [-0.1, -0.05) is 18.2 Å². The van der Waals surface area contributed by atoms with E-state index in [9.17, 15) is 4.79 Å². The second kappa shape index (κ2) is 7.74. The van der Waals surface area contributed by atoms with Gasteiger partial charge in [0.1, 0.15) is 0 Å². The van der Waals surface area contributed by atoms with Crippen LogP contribution in [0.1, 0.15) is 0 Å². The Morgan fingerprint density at radius 2 is 1.16 bits per heavy atom. The number of nitrogens with zero attached hydrogens (tertiary/aromatic N) is 2. The van der Waals surface area contributed by atoms with Crippen LogP contribution in [0.3, 0.4) is 0 Å². The average Bonchev–Trinajstić information content (AvgIpc) is 2.63. The van der Waals surface area contributed by atoms with Crippen molar-refractivity contribution in [1.82, 2.24) is 0 Å². The van der Waals surface area contributed by atoms with E-state index in [1.165, 1.54) is 0 Å². The van der Waals surface area contributed by atoms with Gasteiger partial charge in [-0.3, -0.25) is 0 Å². The Morgan fingerprint density at radius 1 is 0.680 bits per heavy atom. The standard InChI is InChI=1S/C19H17N5O/c20-14-6-8-17(9-7-14)23-24-18-12-10-16(11-13-18)22-19(25)21-15-4-2-1-3-5-15/h1-13H,20H2,(H2,21,22,25). The van der Waals surface area contributed by atoms with E-state index in [1.54, 1.807) is 48.5 Å². The van der Waals surface area contributed by atoms with Crippen LogP contribution in [-0.4, -0.2) is 6.03 Å². The van der Waals surface area contributed by atoms with E-state index in [4.69, 9.17) is 5.73 Å². The molecule has 3 aromatic carbocycles. The average molecular weight is 331 g/mol. The fraction of sp³-hybridized carbons (Fsp3) is 0. The van der Waals surface area contributed by atoms with Crippen LogP contribution < -0.4 is 16.4 Å². The number of rotatable bonds is 4. The Hall–Kier alpha value is -3.67. The molecule has 0 aromatic heterocycles. The molecule has 25 heavy (non-hydrogen) atoms. The van der Waals surface area contributed by atoms with Gasteiger partial charge in [0.05, 0.1) is 11.4 Å². The second-order valence-electron chi connectivity index (χ2n) is 5.28. The maximum Gasteiger partial charge on any atom is 0.323 e. The summed E-state index contributed by atoms with van der Waals surface area (Å²) in [4.78, 5) is 11.9. The summed E-state index contributed by atoms with van der Waals surface area (Å²) in [5.41, 5.74) is 9.11. The topological polar surface area (TPSA) is 91.9 Å². The molecule has 0 radical (unpaired) electrons. The maximum atomic E-state index is 11.9. The number of para-hydroxylation sites is 1. The van der Waals surface area contributed by atoms with E-state index in [0.717, 1.165) is 11.4 Å². The molecule has 0 unspecified atom stereocenters. The number of azo groups is 1. The Labute approximate surface area is 145 Å². The molecule has 0 spiro atoms. The molecule has 0 aliphatic rings. The van der Waals surface area contributed by atoms with E-state index in [1.807, 2.05) is 30.3 Å². The highest BCUT2D eigenvalue weighted by Crippen LogP contribution is 2.21. The van der Waals surface area contributed by atoms with Gasteiger partial charge in [-0.25, -0.2) is 4.79 Å². The number of carbonyl (C=O) groups is 1. The van der Waals surface area contributed by atoms with Crippen molar-refractivity contribution in [3.05, 3.63) is 78.9 Å². The lowest BCUT2D eigenvalue weighted by Crippen LogP contribution is -2.19. The van der Waals surface area contributed by atoms with Crippen molar-refractivity contribution >= 4 is 34.5 Å². The third kappa shape index (κ3) is 4.90. The lowest BCUT2D eigenvalue weighted by molar-refractivity contribution is 0.262. The molecule has 124 valence electrons. The van der Waals surface area contributed by atoms with Crippen LogP contribution in [0.4, 0.5) is 33.2 Å². The Balaban J connectivity index is 1.58. The van der Waals surface area contributed by atoms with Crippen molar-refractivity contribution in [3.63, 3.8) is 0 Å². The minimum atomic E-state index is -0.303. The number of benzene rings is 3. The van der Waals surface area contributed by atoms with Gasteiger partial charge in [0.25, 0.3) is 0 Å². The molecule has 0 heterocycles. The molecular weight excluding hydrogens is 314 g/mol. The normalized spacial score (nSPS) is 10.6. The van der Waals surface area contributed by atoms with Crippen molar-refractivity contribution in [1.29, 1.82) is 0 Å². The second-order valence-corrected chi connectivity index (χ2v) is 5.28. The molecule has 0 atom stereocenters. The number of anilines is 3. The highest BCUT2D eigenvalue weighted by atomic mass is 16.2. The summed E-state index contributed by atoms with van der Waals surface area (Å²) < 4.78 is 0. The maximum absolute atomic E-state index is 11.9. The molecule has 0 bridgehead atoms. The van der Waals surface area contributed by atoms with Gasteiger partial charge in [-0.05, 0) is 60.7 Å². The fourth-order valence-electron chi connectivity index (χ4n) is 2.08. The van der Waals surface area contributed by atoms with Gasteiger partial charge in [0.15, 0.2) is 0 Å². The van der Waals surface area contributed by atoms with Crippen molar-refractivity contribution in [2.45, 2.75) is 0 Å². The Bertz CT molecular complexity index is 859. The number of hydrogen-bond acceptors (Lipinski definition) is 4. The summed E-state index contributed by atoms with van der Waals surface area (Å²) in [6.45, 7) is 0. The highest BCUT2D eigenvalue weighted by Gasteiger charge is 2.02. The van der Waals surface area contributed by atoms with Crippen molar-refractivity contribution in [3.8, 4) is 0 Å². The quantitative estimate of drug-likeness (QED) is 0.445. The summed E-state index contributed by atoms with van der Waals surface area (Å²) >= 11 is 0. The summed E-state index contributed by atoms with van der Waals surface area (Å²) in [6, 6.07) is 23.2. The van der Waals surface area contributed by atoms with Gasteiger partial charge in [-0.15, -0.1) is 0 Å². The van der Waals surface area contributed by atoms with E-state index >= 15 is 0 Å². The highest BCUT2D eigenvalue weighted by molar-refractivity contribution is 5.99. The molecule has 0 aliphatic heterocycles. The molecule has 3 aromatic rings. The van der Waals surface area contributed by atoms with Crippen LogP contribution in [-0.2, 0) is 0 Å². The van der Waals surface area contributed by atoms with Crippen LogP contribution in [0.5, 0.6) is 0 Å². The zero-order valence-electron chi connectivity index (χ0n) is 13.4. The first-order chi connectivity index (χ1) is 12.2. The largest absolute Gasteiger partial charge is 0.399 e. The number of nitrogens with one attached hydrogen (secondary N) is 2. The van der Waals surface area contributed by atoms with Crippen LogP contribution in [0.25, 0.3) is 0 Å². The van der Waals surface area contributed by atoms with Crippen molar-refractivity contribution < 1.29 is 4.79 Å². The molecule has 0 fully saturated rings. The first kappa shape index (κ1) is 16.2. The summed E-state index contributed by atoms with van der Waals surface area (Å²) in [7, 11) is 0. The zero-order chi connectivity index (χ0) is 17.5. The SMILES string of the molecule is Nc1ccc(N=Nc2ccc(NC(=O)Nc3ccccc3)cc2)cc1. The predicted octanol–water partition coefficient (Wildman–Crippen LogP) is 5.33. The van der Waals surface area contributed by atoms with E-state index in [0.29, 0.717) is 17.1 Å². The van der Waals surface area contributed by atoms with Crippen LogP contribution >= 0.6 is 0 Å². The minimum Gasteiger partial charge on any atom is -0.399 e. The summed E-state index contributed by atoms with van der Waals surface area (Å²) in [5, 5.41) is 13.8. The van der Waals surface area contributed by atoms with Crippen molar-refractivity contribution in [2.24, 2.45) is 10.2 Å². The van der Waals surface area contributed by atoms with Gasteiger partial charge < -0.3 is 16.4 Å². The molecule has 6 nitrogen and oxygen atoms in total. The number of carbonyl (C=O) groups excluding carboxylic acids is 1. The van der Waals surface area contributed by atoms with Gasteiger partial charge in [0.2, 0.25) is 0 Å². The first-order valence-corrected chi connectivity index (χ1v) is 7.69. The Kier molecular flexibility index (Phi) is 5.01. The van der Waals surface area contributed by atoms with E-state index in [-0.39, 0.29) is 6.03 Å². The smallest absolute Gasteiger partial charge is 0.323 e. The molecule has 0 aliphatic carbocycles. The third-order valence-corrected chi connectivity index (χ3v) is 3.33. The fourth-order valence-corrected chi connectivity index (χ4v) is 2.08. The van der Waals surface area contributed by atoms with Crippen molar-refractivity contribution in [2.75, 3.05) is 16.4 Å².